The van der Waals surface area contributed by atoms with Gasteiger partial charge in [-0.15, -0.1) is 0 Å². The third-order valence-electron chi connectivity index (χ3n) is 14.2. The van der Waals surface area contributed by atoms with Crippen molar-refractivity contribution in [3.8, 4) is 0 Å². The zero-order valence-corrected chi connectivity index (χ0v) is 26.6. The van der Waals surface area contributed by atoms with Crippen LogP contribution in [0, 0.1) is 50.7 Å². The Balaban J connectivity index is 1.37. The molecule has 7 nitrogen and oxygen atoms in total. The number of ether oxygens (including phenoxy) is 1. The second kappa shape index (κ2) is 9.94. The van der Waals surface area contributed by atoms with E-state index in [-0.39, 0.29) is 33.4 Å². The van der Waals surface area contributed by atoms with Crippen molar-refractivity contribution >= 4 is 11.6 Å². The summed E-state index contributed by atoms with van der Waals surface area (Å²) < 4.78 is 5.88. The van der Waals surface area contributed by atoms with E-state index in [9.17, 15) is 30.0 Å². The topological polar surface area (TPSA) is 124 Å². The number of fused-ring (bicyclic) bond motifs is 7. The molecule has 0 aromatic carbocycles. The zero-order chi connectivity index (χ0) is 30.6. The monoisotopic (exact) mass is 586 g/mol. The van der Waals surface area contributed by atoms with Crippen LogP contribution in [0.15, 0.2) is 11.6 Å². The molecule has 0 aromatic heterocycles. The maximum Gasteiger partial charge on any atom is 0.171 e. The van der Waals surface area contributed by atoms with Crippen molar-refractivity contribution < 1.29 is 34.8 Å². The lowest BCUT2D eigenvalue weighted by Crippen LogP contribution is -2.65. The van der Waals surface area contributed by atoms with Crippen LogP contribution in [0.25, 0.3) is 0 Å². The van der Waals surface area contributed by atoms with Gasteiger partial charge in [-0.3, -0.25) is 9.59 Å². The first-order valence-electron chi connectivity index (χ1n) is 16.6. The molecule has 1 heterocycles. The number of carbonyl (C=O) groups excluding carboxylic acids is 2. The number of hydrogen-bond donors (Lipinski definition) is 4. The van der Waals surface area contributed by atoms with Gasteiger partial charge < -0.3 is 25.2 Å². The van der Waals surface area contributed by atoms with E-state index in [1.54, 1.807) is 0 Å². The molecule has 1 saturated heterocycles. The Labute approximate surface area is 251 Å². The van der Waals surface area contributed by atoms with Crippen LogP contribution in [0.3, 0.4) is 0 Å². The highest BCUT2D eigenvalue weighted by Gasteiger charge is 2.66. The first-order valence-corrected chi connectivity index (χ1v) is 16.6. The Morgan fingerprint density at radius 3 is 2.26 bits per heavy atom. The Morgan fingerprint density at radius 1 is 0.857 bits per heavy atom. The van der Waals surface area contributed by atoms with Crippen LogP contribution in [0.4, 0.5) is 0 Å². The third-order valence-corrected chi connectivity index (χ3v) is 14.2. The van der Waals surface area contributed by atoms with Crippen LogP contribution < -0.4 is 0 Å². The fourth-order valence-electron chi connectivity index (χ4n) is 11.7. The summed E-state index contributed by atoms with van der Waals surface area (Å²) in [7, 11) is 0. The summed E-state index contributed by atoms with van der Waals surface area (Å²) in [5, 5.41) is 41.7. The average molecular weight is 587 g/mol. The van der Waals surface area contributed by atoms with Gasteiger partial charge in [-0.2, -0.15) is 0 Å². The first kappa shape index (κ1) is 30.9. The molecular formula is C35H54O7. The molecule has 4 N–H and O–H groups in total. The zero-order valence-electron chi connectivity index (χ0n) is 26.6. The van der Waals surface area contributed by atoms with Gasteiger partial charge in [0.25, 0.3) is 0 Å². The number of Topliss-reactive ketones (excluding diaryl/α,β-unsaturated/α-hetero) is 2. The highest BCUT2D eigenvalue weighted by Crippen LogP contribution is 2.72. The van der Waals surface area contributed by atoms with Gasteiger partial charge >= 0.3 is 0 Å². The van der Waals surface area contributed by atoms with Gasteiger partial charge in [0.15, 0.2) is 5.78 Å². The molecule has 5 aliphatic carbocycles. The number of ketones is 2. The van der Waals surface area contributed by atoms with E-state index >= 15 is 0 Å². The molecule has 42 heavy (non-hydrogen) atoms. The summed E-state index contributed by atoms with van der Waals surface area (Å²) in [5.74, 6) is 1.55. The number of carbonyl (C=O) groups is 2. The second-order valence-electron chi connectivity index (χ2n) is 17.0. The Bertz CT molecular complexity index is 1160. The summed E-state index contributed by atoms with van der Waals surface area (Å²) in [6, 6.07) is 0. The van der Waals surface area contributed by atoms with Gasteiger partial charge in [0.05, 0.1) is 6.61 Å². The van der Waals surface area contributed by atoms with Crippen molar-refractivity contribution in [3.05, 3.63) is 11.6 Å². The van der Waals surface area contributed by atoms with Crippen LogP contribution in [0.5, 0.6) is 0 Å². The van der Waals surface area contributed by atoms with Crippen LogP contribution in [0.2, 0.25) is 0 Å². The van der Waals surface area contributed by atoms with Crippen molar-refractivity contribution in [3.63, 3.8) is 0 Å². The lowest BCUT2D eigenvalue weighted by molar-refractivity contribution is -0.232. The molecule has 0 aromatic rings. The molecule has 6 rings (SSSR count). The summed E-state index contributed by atoms with van der Waals surface area (Å²) in [6.07, 6.45) is 4.45. The van der Waals surface area contributed by atoms with Crippen LogP contribution in [0.1, 0.15) is 106 Å². The Hall–Kier alpha value is -1.12. The number of allylic oxidation sites excluding steroid dienone is 2. The SMILES string of the molecule is CC1(C)CC[C@]2(C(=O)[C@@H]3OC(CO)[C@@H](O)C(O)C3O)CCC3C(=CCC4[C@@]3(C)CCC3C(C)(C)C(=O)CC[C@@]34C)C2C1. The summed E-state index contributed by atoms with van der Waals surface area (Å²) >= 11 is 0. The first-order chi connectivity index (χ1) is 19.5. The predicted octanol–water partition coefficient (Wildman–Crippen LogP) is 4.38. The molecule has 5 fully saturated rings. The number of rotatable bonds is 3. The third kappa shape index (κ3) is 4.15. The smallest absolute Gasteiger partial charge is 0.171 e. The van der Waals surface area contributed by atoms with Crippen LogP contribution >= 0.6 is 0 Å². The second-order valence-corrected chi connectivity index (χ2v) is 17.0. The van der Waals surface area contributed by atoms with Crippen LogP contribution in [-0.4, -0.2) is 69.1 Å². The number of aliphatic hydroxyl groups excluding tert-OH is 4. The normalized spacial score (nSPS) is 51.3. The van der Waals surface area contributed by atoms with Gasteiger partial charge in [-0.25, -0.2) is 0 Å². The largest absolute Gasteiger partial charge is 0.394 e. The minimum Gasteiger partial charge on any atom is -0.394 e. The van der Waals surface area contributed by atoms with Crippen molar-refractivity contribution in [2.75, 3.05) is 6.61 Å². The van der Waals surface area contributed by atoms with Gasteiger partial charge in [0.1, 0.15) is 36.3 Å². The average Bonchev–Trinajstić information content (AvgIpc) is 2.93. The van der Waals surface area contributed by atoms with Crippen molar-refractivity contribution in [1.82, 2.24) is 0 Å². The van der Waals surface area contributed by atoms with E-state index in [4.69, 9.17) is 4.74 Å². The van der Waals surface area contributed by atoms with E-state index in [0.717, 1.165) is 51.4 Å². The number of aliphatic hydroxyl groups is 4. The van der Waals surface area contributed by atoms with Gasteiger partial charge in [0.2, 0.25) is 0 Å². The lowest BCUT2D eigenvalue weighted by atomic mass is 9.37. The Kier molecular flexibility index (Phi) is 7.31. The summed E-state index contributed by atoms with van der Waals surface area (Å²) in [6.45, 7) is 13.4. The molecule has 1 aliphatic heterocycles. The van der Waals surface area contributed by atoms with Gasteiger partial charge in [-0.05, 0) is 97.7 Å². The predicted molar refractivity (Wildman–Crippen MR) is 158 cm³/mol. The van der Waals surface area contributed by atoms with Crippen molar-refractivity contribution in [1.29, 1.82) is 0 Å². The maximum atomic E-state index is 14.6. The molecule has 0 amide bonds. The minimum atomic E-state index is -1.55. The molecule has 0 bridgehead atoms. The lowest BCUT2D eigenvalue weighted by Gasteiger charge is -2.67. The summed E-state index contributed by atoms with van der Waals surface area (Å²) in [4.78, 5) is 27.6. The highest BCUT2D eigenvalue weighted by molar-refractivity contribution is 5.91. The molecule has 12 atom stereocenters. The van der Waals surface area contributed by atoms with Crippen LogP contribution in [-0.2, 0) is 14.3 Å². The summed E-state index contributed by atoms with van der Waals surface area (Å²) in [5.41, 5.74) is 0.714. The highest BCUT2D eigenvalue weighted by atomic mass is 16.5. The molecule has 0 spiro atoms. The van der Waals surface area contributed by atoms with Gasteiger partial charge in [0, 0.05) is 17.3 Å². The standard InChI is InChI=1S/C35H54O7/c1-31(2)15-16-35(30(41)29-28(40)27(39)26(38)22(18-36)42-29)14-9-20-19(21(35)17-31)7-8-24-33(20,5)12-10-23-32(3,4)25(37)11-13-34(23,24)6/h7,20-24,26-29,36,38-40H,8-18H2,1-6H3/t20?,21?,22?,23?,24?,26-,27?,28?,29-,33+,34+,35-/m1/s1. The fourth-order valence-corrected chi connectivity index (χ4v) is 11.7. The van der Waals surface area contributed by atoms with E-state index in [1.165, 1.54) is 5.57 Å². The molecular weight excluding hydrogens is 532 g/mol. The molecule has 236 valence electrons. The maximum absolute atomic E-state index is 14.6. The van der Waals surface area contributed by atoms with E-state index < -0.39 is 42.5 Å². The number of hydrogen-bond acceptors (Lipinski definition) is 7. The molecule has 7 heteroatoms. The fraction of sp³-hybridized carbons (Fsp3) is 0.886. The molecule has 7 unspecified atom stereocenters. The van der Waals surface area contributed by atoms with Crippen molar-refractivity contribution in [2.24, 2.45) is 50.7 Å². The molecule has 4 saturated carbocycles. The Morgan fingerprint density at radius 2 is 1.57 bits per heavy atom. The quantitative estimate of drug-likeness (QED) is 0.362. The van der Waals surface area contributed by atoms with E-state index in [1.807, 2.05) is 0 Å². The molecule has 0 radical (unpaired) electrons. The van der Waals surface area contributed by atoms with Gasteiger partial charge in [-0.1, -0.05) is 53.2 Å². The van der Waals surface area contributed by atoms with Crippen molar-refractivity contribution in [2.45, 2.75) is 136 Å². The minimum absolute atomic E-state index is 0.0348. The molecule has 6 aliphatic rings. The van der Waals surface area contributed by atoms with E-state index in [2.05, 4.69) is 47.6 Å². The van der Waals surface area contributed by atoms with E-state index in [0.29, 0.717) is 36.4 Å².